The van der Waals surface area contributed by atoms with Gasteiger partial charge < -0.3 is 15.2 Å². The molecule has 2 N–H and O–H groups in total. The molecule has 2 rings (SSSR count). The molecule has 0 saturated heterocycles. The highest BCUT2D eigenvalue weighted by molar-refractivity contribution is 5.79. The lowest BCUT2D eigenvalue weighted by molar-refractivity contribution is 0.631. The third-order valence-electron chi connectivity index (χ3n) is 3.74. The van der Waals surface area contributed by atoms with Gasteiger partial charge >= 0.3 is 0 Å². The lowest BCUT2D eigenvalue weighted by Gasteiger charge is -2.13. The summed E-state index contributed by atoms with van der Waals surface area (Å²) in [5, 5.41) is 14.8. The highest BCUT2D eigenvalue weighted by Gasteiger charge is 2.02. The largest absolute Gasteiger partial charge is 0.356 e. The van der Waals surface area contributed by atoms with E-state index in [1.807, 2.05) is 0 Å². The van der Waals surface area contributed by atoms with Crippen molar-refractivity contribution in [3.05, 3.63) is 47.5 Å². The summed E-state index contributed by atoms with van der Waals surface area (Å²) in [5.74, 6) is 1.86. The van der Waals surface area contributed by atoms with Crippen LogP contribution < -0.4 is 10.6 Å². The van der Waals surface area contributed by atoms with Crippen LogP contribution in [0, 0.1) is 6.92 Å². The van der Waals surface area contributed by atoms with Gasteiger partial charge in [-0.25, -0.2) is 4.99 Å². The Hall–Kier alpha value is -2.37. The molecular weight excluding hydrogens is 300 g/mol. The van der Waals surface area contributed by atoms with E-state index in [2.05, 4.69) is 75.4 Å². The van der Waals surface area contributed by atoms with Crippen LogP contribution in [0.15, 0.2) is 35.6 Å². The molecule has 0 amide bonds. The van der Waals surface area contributed by atoms with Gasteiger partial charge in [-0.15, -0.1) is 10.2 Å². The molecule has 0 aliphatic carbocycles. The van der Waals surface area contributed by atoms with Crippen molar-refractivity contribution < 1.29 is 0 Å². The van der Waals surface area contributed by atoms with Crippen molar-refractivity contribution in [3.63, 3.8) is 0 Å². The Kier molecular flexibility index (Phi) is 7.26. The van der Waals surface area contributed by atoms with Crippen molar-refractivity contribution in [2.24, 2.45) is 4.99 Å². The number of benzene rings is 1. The van der Waals surface area contributed by atoms with Crippen molar-refractivity contribution in [1.29, 1.82) is 0 Å². The number of aliphatic imine (C=N–C) groups is 1. The average molecular weight is 328 g/mol. The molecule has 24 heavy (non-hydrogen) atoms. The second kappa shape index (κ2) is 9.70. The summed E-state index contributed by atoms with van der Waals surface area (Å²) in [7, 11) is 0. The molecule has 0 unspecified atom stereocenters. The van der Waals surface area contributed by atoms with Gasteiger partial charge in [-0.3, -0.25) is 0 Å². The minimum absolute atomic E-state index is 0.673. The smallest absolute Gasteiger partial charge is 0.191 e. The van der Waals surface area contributed by atoms with Crippen molar-refractivity contribution in [3.8, 4) is 0 Å². The summed E-state index contributed by atoms with van der Waals surface area (Å²) >= 11 is 0. The molecule has 0 saturated carbocycles. The van der Waals surface area contributed by atoms with Crippen LogP contribution in [0.1, 0.15) is 37.2 Å². The molecule has 0 bridgehead atoms. The number of nitrogens with one attached hydrogen (secondary N) is 2. The molecule has 130 valence electrons. The molecule has 6 heteroatoms. The number of guanidine groups is 1. The van der Waals surface area contributed by atoms with Crippen molar-refractivity contribution in [2.75, 3.05) is 13.1 Å². The first-order valence-corrected chi connectivity index (χ1v) is 8.67. The van der Waals surface area contributed by atoms with Crippen LogP contribution >= 0.6 is 0 Å². The van der Waals surface area contributed by atoms with Crippen molar-refractivity contribution in [2.45, 2.75) is 46.7 Å². The first kappa shape index (κ1) is 18.0. The van der Waals surface area contributed by atoms with Crippen LogP contribution in [0.2, 0.25) is 0 Å². The third kappa shape index (κ3) is 5.68. The quantitative estimate of drug-likeness (QED) is 0.576. The number of nitrogens with zero attached hydrogens (tertiary/aromatic N) is 4. The van der Waals surface area contributed by atoms with Gasteiger partial charge in [0.25, 0.3) is 0 Å². The van der Waals surface area contributed by atoms with E-state index in [-0.39, 0.29) is 0 Å². The van der Waals surface area contributed by atoms with Crippen LogP contribution in [0.3, 0.4) is 0 Å². The van der Waals surface area contributed by atoms with Gasteiger partial charge in [-0.1, -0.05) is 43.7 Å². The minimum atomic E-state index is 0.673. The Morgan fingerprint density at radius 2 is 1.88 bits per heavy atom. The average Bonchev–Trinajstić information content (AvgIpc) is 3.05. The first-order chi connectivity index (χ1) is 11.7. The Morgan fingerprint density at radius 1 is 1.12 bits per heavy atom. The van der Waals surface area contributed by atoms with Gasteiger partial charge in [0.1, 0.15) is 12.2 Å². The molecule has 2 aromatic rings. The van der Waals surface area contributed by atoms with Gasteiger partial charge in [0.05, 0.1) is 6.54 Å². The fourth-order valence-electron chi connectivity index (χ4n) is 2.32. The van der Waals surface area contributed by atoms with E-state index < -0.39 is 0 Å². The van der Waals surface area contributed by atoms with Gasteiger partial charge in [-0.2, -0.15) is 0 Å². The monoisotopic (exact) mass is 328 g/mol. The number of aryl methyl sites for hydroxylation is 2. The van der Waals surface area contributed by atoms with Gasteiger partial charge in [0.15, 0.2) is 5.96 Å². The lowest BCUT2D eigenvalue weighted by atomic mass is 10.1. The van der Waals surface area contributed by atoms with Gasteiger partial charge in [-0.05, 0) is 18.9 Å². The highest BCUT2D eigenvalue weighted by Crippen LogP contribution is 2.04. The number of hydrogen-bond donors (Lipinski definition) is 2. The molecule has 0 fully saturated rings. The Labute approximate surface area is 144 Å². The molecule has 6 nitrogen and oxygen atoms in total. The summed E-state index contributed by atoms with van der Waals surface area (Å²) in [6.07, 6.45) is 3.74. The zero-order valence-electron chi connectivity index (χ0n) is 14.9. The Morgan fingerprint density at radius 3 is 2.58 bits per heavy atom. The van der Waals surface area contributed by atoms with Gasteiger partial charge in [0.2, 0.25) is 0 Å². The summed E-state index contributed by atoms with van der Waals surface area (Å²) in [4.78, 5) is 4.68. The third-order valence-corrected chi connectivity index (χ3v) is 3.74. The van der Waals surface area contributed by atoms with E-state index in [1.165, 1.54) is 11.1 Å². The zero-order valence-corrected chi connectivity index (χ0v) is 14.9. The Bertz CT molecular complexity index is 629. The topological polar surface area (TPSA) is 67.1 Å². The second-order valence-electron chi connectivity index (χ2n) is 5.80. The predicted octanol–water partition coefficient (Wildman–Crippen LogP) is 2.29. The zero-order chi connectivity index (χ0) is 17.2. The summed E-state index contributed by atoms with van der Waals surface area (Å²) < 4.78 is 2.07. The fraction of sp³-hybridized carbons (Fsp3) is 0.500. The maximum absolute atomic E-state index is 4.68. The van der Waals surface area contributed by atoms with E-state index in [1.54, 1.807) is 6.33 Å². The standard InChI is InChI=1S/C18H28N6/c1-4-10-19-18(21-13-16-8-6-15(3)7-9-16)20-11-12-24-14-22-23-17(24)5-2/h6-9,14H,4-5,10-13H2,1-3H3,(H2,19,20,21). The van der Waals surface area contributed by atoms with E-state index >= 15 is 0 Å². The molecule has 1 heterocycles. The molecule has 0 radical (unpaired) electrons. The SMILES string of the molecule is CCCNC(=NCc1ccc(C)cc1)NCCn1cnnc1CC. The molecule has 0 atom stereocenters. The van der Waals surface area contributed by atoms with Gasteiger partial charge in [0, 0.05) is 26.1 Å². The summed E-state index contributed by atoms with van der Waals surface area (Å²) in [5.41, 5.74) is 2.48. The predicted molar refractivity (Wildman–Crippen MR) is 98.0 cm³/mol. The van der Waals surface area contributed by atoms with E-state index in [9.17, 15) is 0 Å². The molecule has 1 aromatic heterocycles. The first-order valence-electron chi connectivity index (χ1n) is 8.67. The summed E-state index contributed by atoms with van der Waals surface area (Å²) in [6, 6.07) is 8.49. The van der Waals surface area contributed by atoms with Crippen LogP contribution in [-0.2, 0) is 19.5 Å². The maximum Gasteiger partial charge on any atom is 0.191 e. The highest BCUT2D eigenvalue weighted by atomic mass is 15.3. The van der Waals surface area contributed by atoms with Crippen LogP contribution in [0.25, 0.3) is 0 Å². The van der Waals surface area contributed by atoms with Crippen LogP contribution in [0.5, 0.6) is 0 Å². The number of hydrogen-bond acceptors (Lipinski definition) is 3. The molecule has 1 aromatic carbocycles. The van der Waals surface area contributed by atoms with E-state index in [0.29, 0.717) is 6.54 Å². The molecule has 0 aliphatic rings. The fourth-order valence-corrected chi connectivity index (χ4v) is 2.32. The van der Waals surface area contributed by atoms with E-state index in [4.69, 9.17) is 0 Å². The number of aromatic nitrogens is 3. The van der Waals surface area contributed by atoms with E-state index in [0.717, 1.165) is 44.3 Å². The summed E-state index contributed by atoms with van der Waals surface area (Å²) in [6.45, 7) is 9.53. The number of rotatable bonds is 8. The molecule has 0 aliphatic heterocycles. The van der Waals surface area contributed by atoms with Crippen LogP contribution in [-0.4, -0.2) is 33.8 Å². The van der Waals surface area contributed by atoms with Crippen LogP contribution in [0.4, 0.5) is 0 Å². The molecular formula is C18H28N6. The normalized spacial score (nSPS) is 11.5. The van der Waals surface area contributed by atoms with Crippen molar-refractivity contribution in [1.82, 2.24) is 25.4 Å². The second-order valence-corrected chi connectivity index (χ2v) is 5.80. The van der Waals surface area contributed by atoms with Crippen molar-refractivity contribution >= 4 is 5.96 Å². The molecule has 0 spiro atoms. The lowest BCUT2D eigenvalue weighted by Crippen LogP contribution is -2.39. The minimum Gasteiger partial charge on any atom is -0.356 e. The Balaban J connectivity index is 1.89. The maximum atomic E-state index is 4.68.